The molecule has 3 heterocycles. The number of aromatic amines is 1. The summed E-state index contributed by atoms with van der Waals surface area (Å²) >= 11 is 0. The summed E-state index contributed by atoms with van der Waals surface area (Å²) in [5, 5.41) is 8.28. The van der Waals surface area contributed by atoms with Crippen LogP contribution in [0.25, 0.3) is 10.9 Å². The molecule has 0 spiro atoms. The van der Waals surface area contributed by atoms with Gasteiger partial charge < -0.3 is 24.8 Å². The summed E-state index contributed by atoms with van der Waals surface area (Å²) in [6.45, 7) is 6.28. The lowest BCUT2D eigenvalue weighted by atomic mass is 10.1. The molecule has 1 fully saturated rings. The Morgan fingerprint density at radius 2 is 2.03 bits per heavy atom. The molecule has 0 saturated carbocycles. The summed E-state index contributed by atoms with van der Waals surface area (Å²) in [6, 6.07) is 10.5. The summed E-state index contributed by atoms with van der Waals surface area (Å²) in [7, 11) is 0. The van der Waals surface area contributed by atoms with Gasteiger partial charge in [-0.2, -0.15) is 0 Å². The predicted octanol–water partition coefficient (Wildman–Crippen LogP) is 3.68. The van der Waals surface area contributed by atoms with Gasteiger partial charge in [-0.1, -0.05) is 25.1 Å². The van der Waals surface area contributed by atoms with Crippen LogP contribution in [-0.2, 0) is 24.0 Å². The zero-order chi connectivity index (χ0) is 20.6. The van der Waals surface area contributed by atoms with Crippen molar-refractivity contribution in [2.24, 2.45) is 10.9 Å². The lowest BCUT2D eigenvalue weighted by molar-refractivity contribution is 0.187. The van der Waals surface area contributed by atoms with Gasteiger partial charge in [-0.05, 0) is 42.5 Å². The molecule has 0 amide bonds. The lowest BCUT2D eigenvalue weighted by Gasteiger charge is -2.13. The molecule has 0 radical (unpaired) electrons. The number of nitrogens with zero attached hydrogens (tertiary/aromatic N) is 1. The minimum absolute atomic E-state index is 0.523. The van der Waals surface area contributed by atoms with E-state index < -0.39 is 0 Å². The third kappa shape index (κ3) is 5.25. The zero-order valence-corrected chi connectivity index (χ0v) is 17.7. The first-order valence-electron chi connectivity index (χ1n) is 11.0. The van der Waals surface area contributed by atoms with E-state index in [1.807, 2.05) is 12.1 Å². The topological polar surface area (TPSA) is 74.6 Å². The second-order valence-corrected chi connectivity index (χ2v) is 7.86. The Labute approximate surface area is 178 Å². The van der Waals surface area contributed by atoms with Crippen LogP contribution in [0.5, 0.6) is 0 Å². The Morgan fingerprint density at radius 1 is 1.13 bits per heavy atom. The Hall–Kier alpha value is -2.73. The second kappa shape index (κ2) is 10.3. The largest absolute Gasteiger partial charge is 0.469 e. The van der Waals surface area contributed by atoms with Gasteiger partial charge in [-0.15, -0.1) is 0 Å². The minimum atomic E-state index is 0.523. The Balaban J connectivity index is 1.34. The molecule has 2 aromatic heterocycles. The average Bonchev–Trinajstić information content (AvgIpc) is 3.53. The number of benzene rings is 1. The molecule has 1 aliphatic heterocycles. The molecule has 1 saturated heterocycles. The summed E-state index contributed by atoms with van der Waals surface area (Å²) in [6.07, 6.45) is 7.77. The van der Waals surface area contributed by atoms with Crippen molar-refractivity contribution in [1.29, 1.82) is 0 Å². The number of nitrogens with one attached hydrogen (secondary N) is 3. The highest BCUT2D eigenvalue weighted by Crippen LogP contribution is 2.22. The highest BCUT2D eigenvalue weighted by molar-refractivity contribution is 5.86. The number of para-hydroxylation sites is 1. The number of fused-ring (bicyclic) bond motifs is 1. The number of rotatable bonds is 9. The molecule has 1 unspecified atom stereocenters. The quantitative estimate of drug-likeness (QED) is 0.373. The molecule has 0 bridgehead atoms. The molecule has 1 aromatic carbocycles. The van der Waals surface area contributed by atoms with E-state index in [1.54, 1.807) is 6.26 Å². The van der Waals surface area contributed by atoms with Crippen LogP contribution in [0.4, 0.5) is 0 Å². The van der Waals surface area contributed by atoms with E-state index in [1.165, 1.54) is 22.0 Å². The summed E-state index contributed by atoms with van der Waals surface area (Å²) in [4.78, 5) is 8.27. The molecular weight excluding hydrogens is 376 g/mol. The monoisotopic (exact) mass is 408 g/mol. The number of guanidine groups is 1. The van der Waals surface area contributed by atoms with Crippen LogP contribution >= 0.6 is 0 Å². The first kappa shape index (κ1) is 20.5. The van der Waals surface area contributed by atoms with Gasteiger partial charge in [0.2, 0.25) is 0 Å². The fourth-order valence-corrected chi connectivity index (χ4v) is 3.97. The van der Waals surface area contributed by atoms with E-state index in [9.17, 15) is 0 Å². The third-order valence-corrected chi connectivity index (χ3v) is 5.73. The van der Waals surface area contributed by atoms with Crippen LogP contribution in [0.3, 0.4) is 0 Å². The third-order valence-electron chi connectivity index (χ3n) is 5.73. The Kier molecular flexibility index (Phi) is 7.08. The van der Waals surface area contributed by atoms with E-state index >= 15 is 0 Å². The van der Waals surface area contributed by atoms with Crippen molar-refractivity contribution in [3.63, 3.8) is 0 Å². The summed E-state index contributed by atoms with van der Waals surface area (Å²) in [5.41, 5.74) is 3.97. The summed E-state index contributed by atoms with van der Waals surface area (Å²) < 4.78 is 10.9. The molecular formula is C24H32N4O2. The number of hydrogen-bond donors (Lipinski definition) is 3. The van der Waals surface area contributed by atoms with Gasteiger partial charge in [0.05, 0.1) is 12.9 Å². The number of hydrogen-bond acceptors (Lipinski definition) is 3. The first-order valence-corrected chi connectivity index (χ1v) is 11.0. The van der Waals surface area contributed by atoms with Crippen molar-refractivity contribution in [3.8, 4) is 0 Å². The van der Waals surface area contributed by atoms with E-state index in [2.05, 4.69) is 46.9 Å². The van der Waals surface area contributed by atoms with Gasteiger partial charge in [0.25, 0.3) is 0 Å². The molecule has 30 heavy (non-hydrogen) atoms. The highest BCUT2D eigenvalue weighted by atomic mass is 16.5. The van der Waals surface area contributed by atoms with Crippen molar-refractivity contribution >= 4 is 16.9 Å². The summed E-state index contributed by atoms with van der Waals surface area (Å²) in [5.74, 6) is 2.37. The number of aromatic nitrogens is 1. The van der Waals surface area contributed by atoms with Crippen molar-refractivity contribution < 1.29 is 9.15 Å². The Bertz CT molecular complexity index is 939. The number of H-pyrrole nitrogens is 1. The van der Waals surface area contributed by atoms with Crippen LogP contribution < -0.4 is 10.6 Å². The number of aliphatic imine (C=N–C) groups is 1. The van der Waals surface area contributed by atoms with Gasteiger partial charge >= 0.3 is 0 Å². The van der Waals surface area contributed by atoms with Crippen molar-refractivity contribution in [2.45, 2.75) is 32.6 Å². The molecule has 160 valence electrons. The van der Waals surface area contributed by atoms with E-state index in [4.69, 9.17) is 14.1 Å². The second-order valence-electron chi connectivity index (χ2n) is 7.86. The first-order chi connectivity index (χ1) is 14.8. The van der Waals surface area contributed by atoms with Crippen molar-refractivity contribution in [2.75, 3.05) is 32.8 Å². The lowest BCUT2D eigenvalue weighted by Crippen LogP contribution is -2.39. The van der Waals surface area contributed by atoms with E-state index in [0.717, 1.165) is 70.3 Å². The zero-order valence-electron chi connectivity index (χ0n) is 17.7. The van der Waals surface area contributed by atoms with Crippen LogP contribution in [0.15, 0.2) is 52.2 Å². The van der Waals surface area contributed by atoms with Crippen LogP contribution in [0, 0.1) is 5.92 Å². The normalized spacial score (nSPS) is 17.0. The molecule has 0 aliphatic carbocycles. The molecule has 1 atom stereocenters. The van der Waals surface area contributed by atoms with Gasteiger partial charge in [-0.3, -0.25) is 4.99 Å². The van der Waals surface area contributed by atoms with Crippen molar-refractivity contribution in [3.05, 3.63) is 59.7 Å². The maximum atomic E-state index is 5.48. The van der Waals surface area contributed by atoms with E-state index in [-0.39, 0.29) is 0 Å². The van der Waals surface area contributed by atoms with Crippen LogP contribution in [-0.4, -0.2) is 43.8 Å². The average molecular weight is 409 g/mol. The van der Waals surface area contributed by atoms with Crippen LogP contribution in [0.2, 0.25) is 0 Å². The number of aryl methyl sites for hydroxylation is 1. The minimum Gasteiger partial charge on any atom is -0.469 e. The van der Waals surface area contributed by atoms with Crippen LogP contribution in [0.1, 0.15) is 30.2 Å². The number of ether oxygens (including phenoxy) is 1. The maximum Gasteiger partial charge on any atom is 0.191 e. The fraction of sp³-hybridized carbons (Fsp3) is 0.458. The SMILES string of the molecule is CCc1cccc2c(CCNC(=NCC3CCOC3)NCCc3ccco3)c[nH]c12. The standard InChI is InChI=1S/C24H32N4O2/c1-2-19-5-3-7-22-20(16-27-23(19)22)8-11-25-24(28-15-18-10-14-29-17-18)26-12-9-21-6-4-13-30-21/h3-7,13,16,18,27H,2,8-12,14-15,17H2,1H3,(H2,25,26,28). The molecule has 3 aromatic rings. The predicted molar refractivity (Wildman–Crippen MR) is 121 cm³/mol. The van der Waals surface area contributed by atoms with Gasteiger partial charge in [0.15, 0.2) is 5.96 Å². The molecule has 6 nitrogen and oxygen atoms in total. The molecule has 4 rings (SSSR count). The number of furan rings is 1. The molecule has 1 aliphatic rings. The Morgan fingerprint density at radius 3 is 2.80 bits per heavy atom. The van der Waals surface area contributed by atoms with E-state index in [0.29, 0.717) is 5.92 Å². The fourth-order valence-electron chi connectivity index (χ4n) is 3.97. The van der Waals surface area contributed by atoms with Gasteiger partial charge in [-0.25, -0.2) is 0 Å². The van der Waals surface area contributed by atoms with Gasteiger partial charge in [0.1, 0.15) is 5.76 Å². The molecule has 3 N–H and O–H groups in total. The van der Waals surface area contributed by atoms with Crippen molar-refractivity contribution in [1.82, 2.24) is 15.6 Å². The smallest absolute Gasteiger partial charge is 0.191 e. The highest BCUT2D eigenvalue weighted by Gasteiger charge is 2.15. The maximum absolute atomic E-state index is 5.48. The molecule has 6 heteroatoms. The van der Waals surface area contributed by atoms with Gasteiger partial charge in [0, 0.05) is 55.7 Å².